The summed E-state index contributed by atoms with van der Waals surface area (Å²) in [5.74, 6) is 0. The Labute approximate surface area is 54.6 Å². The lowest BCUT2D eigenvalue weighted by Crippen LogP contribution is -2.41. The van der Waals surface area contributed by atoms with Gasteiger partial charge in [0.05, 0.1) is 6.10 Å². The lowest BCUT2D eigenvalue weighted by Gasteiger charge is -2.25. The van der Waals surface area contributed by atoms with E-state index >= 15 is 0 Å². The molecule has 2 rings (SSSR count). The number of piperidine rings is 1. The maximum atomic E-state index is 9.21. The number of rotatable bonds is 0. The Balaban J connectivity index is 2.10. The van der Waals surface area contributed by atoms with Gasteiger partial charge in [-0.25, -0.2) is 0 Å². The number of aliphatic hydroxyl groups excluding tert-OH is 1. The second kappa shape index (κ2) is 1.82. The van der Waals surface area contributed by atoms with Crippen molar-refractivity contribution in [3.8, 4) is 0 Å². The van der Waals surface area contributed by atoms with Crippen LogP contribution in [-0.4, -0.2) is 23.3 Å². The van der Waals surface area contributed by atoms with Crippen LogP contribution in [0.1, 0.15) is 12.8 Å². The molecular formula is C7H11NO. The summed E-state index contributed by atoms with van der Waals surface area (Å²) in [6, 6.07) is 0.914. The first-order valence-corrected chi connectivity index (χ1v) is 3.47. The minimum Gasteiger partial charge on any atom is -0.393 e. The first-order valence-electron chi connectivity index (χ1n) is 3.47. The lowest BCUT2D eigenvalue weighted by molar-refractivity contribution is 0.119. The van der Waals surface area contributed by atoms with E-state index in [0.717, 1.165) is 12.8 Å². The van der Waals surface area contributed by atoms with Crippen LogP contribution in [0, 0.1) is 0 Å². The standard InChI is InChI=1S/C7H11NO/c9-7-3-5-1-2-6(4-7)8-5/h1-2,5-9H,3-4H2. The molecule has 2 atom stereocenters. The van der Waals surface area contributed by atoms with Crippen molar-refractivity contribution in [2.24, 2.45) is 0 Å². The fourth-order valence-electron chi connectivity index (χ4n) is 1.63. The highest BCUT2D eigenvalue weighted by Gasteiger charge is 2.27. The molecule has 2 heterocycles. The van der Waals surface area contributed by atoms with Gasteiger partial charge in [-0.3, -0.25) is 0 Å². The zero-order valence-corrected chi connectivity index (χ0v) is 5.25. The summed E-state index contributed by atoms with van der Waals surface area (Å²) in [5, 5.41) is 12.6. The van der Waals surface area contributed by atoms with Crippen molar-refractivity contribution < 1.29 is 5.11 Å². The smallest absolute Gasteiger partial charge is 0.0576 e. The second-order valence-electron chi connectivity index (χ2n) is 2.89. The largest absolute Gasteiger partial charge is 0.393 e. The van der Waals surface area contributed by atoms with Gasteiger partial charge in [0.2, 0.25) is 0 Å². The number of nitrogens with one attached hydrogen (secondary N) is 1. The first kappa shape index (κ1) is 5.45. The summed E-state index contributed by atoms with van der Waals surface area (Å²) in [4.78, 5) is 0. The molecule has 1 fully saturated rings. The van der Waals surface area contributed by atoms with Crippen LogP contribution in [-0.2, 0) is 0 Å². The van der Waals surface area contributed by atoms with E-state index < -0.39 is 0 Å². The molecule has 9 heavy (non-hydrogen) atoms. The van der Waals surface area contributed by atoms with Crippen LogP contribution in [0.4, 0.5) is 0 Å². The zero-order valence-electron chi connectivity index (χ0n) is 5.25. The molecule has 0 radical (unpaired) electrons. The summed E-state index contributed by atoms with van der Waals surface area (Å²) in [6.07, 6.45) is 6.03. The van der Waals surface area contributed by atoms with Crippen LogP contribution in [0.5, 0.6) is 0 Å². The highest BCUT2D eigenvalue weighted by atomic mass is 16.3. The third-order valence-corrected chi connectivity index (χ3v) is 2.06. The minimum atomic E-state index is -0.0729. The Morgan fingerprint density at radius 2 is 1.78 bits per heavy atom. The molecule has 2 unspecified atom stereocenters. The molecule has 0 saturated carbocycles. The Morgan fingerprint density at radius 1 is 1.22 bits per heavy atom. The molecule has 0 spiro atoms. The quantitative estimate of drug-likeness (QED) is 0.448. The van der Waals surface area contributed by atoms with Gasteiger partial charge in [-0.2, -0.15) is 0 Å². The number of aliphatic hydroxyl groups is 1. The molecule has 0 amide bonds. The normalized spacial score (nSPS) is 47.9. The van der Waals surface area contributed by atoms with E-state index in [0.29, 0.717) is 12.1 Å². The summed E-state index contributed by atoms with van der Waals surface area (Å²) in [5.41, 5.74) is 0. The van der Waals surface area contributed by atoms with Crippen LogP contribution in [0.15, 0.2) is 12.2 Å². The topological polar surface area (TPSA) is 32.3 Å². The van der Waals surface area contributed by atoms with E-state index in [1.165, 1.54) is 0 Å². The van der Waals surface area contributed by atoms with Gasteiger partial charge >= 0.3 is 0 Å². The highest BCUT2D eigenvalue weighted by Crippen LogP contribution is 2.20. The van der Waals surface area contributed by atoms with E-state index in [9.17, 15) is 5.11 Å². The van der Waals surface area contributed by atoms with Crippen LogP contribution < -0.4 is 5.32 Å². The van der Waals surface area contributed by atoms with E-state index in [4.69, 9.17) is 0 Å². The third-order valence-electron chi connectivity index (χ3n) is 2.06. The SMILES string of the molecule is OC1CC2C=CC(C1)N2. The van der Waals surface area contributed by atoms with Gasteiger partial charge in [0.15, 0.2) is 0 Å². The first-order chi connectivity index (χ1) is 4.34. The minimum absolute atomic E-state index is 0.0729. The molecule has 1 saturated heterocycles. The van der Waals surface area contributed by atoms with Gasteiger partial charge in [-0.1, -0.05) is 12.2 Å². The Kier molecular flexibility index (Phi) is 1.10. The number of fused-ring (bicyclic) bond motifs is 2. The molecule has 0 aromatic heterocycles. The Bertz CT molecular complexity index is 130. The molecule has 2 heteroatoms. The van der Waals surface area contributed by atoms with Gasteiger partial charge in [0.1, 0.15) is 0 Å². The van der Waals surface area contributed by atoms with Gasteiger partial charge < -0.3 is 10.4 Å². The van der Waals surface area contributed by atoms with E-state index in [-0.39, 0.29) is 6.10 Å². The van der Waals surface area contributed by atoms with Crippen molar-refractivity contribution in [1.82, 2.24) is 5.32 Å². The molecule has 0 aromatic rings. The fourth-order valence-corrected chi connectivity index (χ4v) is 1.63. The average Bonchev–Trinajstić information content (AvgIpc) is 2.11. The molecular weight excluding hydrogens is 114 g/mol. The average molecular weight is 125 g/mol. The van der Waals surface area contributed by atoms with Crippen molar-refractivity contribution in [2.75, 3.05) is 0 Å². The second-order valence-corrected chi connectivity index (χ2v) is 2.89. The summed E-state index contributed by atoms with van der Waals surface area (Å²) >= 11 is 0. The van der Waals surface area contributed by atoms with E-state index in [2.05, 4.69) is 17.5 Å². The van der Waals surface area contributed by atoms with Gasteiger partial charge in [0.25, 0.3) is 0 Å². The summed E-state index contributed by atoms with van der Waals surface area (Å²) in [7, 11) is 0. The molecule has 2 aliphatic rings. The van der Waals surface area contributed by atoms with Crippen LogP contribution in [0.2, 0.25) is 0 Å². The summed E-state index contributed by atoms with van der Waals surface area (Å²) < 4.78 is 0. The third kappa shape index (κ3) is 0.884. The zero-order chi connectivity index (χ0) is 6.27. The van der Waals surface area contributed by atoms with Crippen molar-refractivity contribution in [2.45, 2.75) is 31.0 Å². The Morgan fingerprint density at radius 3 is 2.33 bits per heavy atom. The van der Waals surface area contributed by atoms with E-state index in [1.54, 1.807) is 0 Å². The van der Waals surface area contributed by atoms with E-state index in [1.807, 2.05) is 0 Å². The predicted molar refractivity (Wildman–Crippen MR) is 35.1 cm³/mol. The van der Waals surface area contributed by atoms with Gasteiger partial charge in [-0.15, -0.1) is 0 Å². The van der Waals surface area contributed by atoms with Gasteiger partial charge in [-0.05, 0) is 12.8 Å². The van der Waals surface area contributed by atoms with Crippen molar-refractivity contribution in [3.63, 3.8) is 0 Å². The number of hydrogen-bond donors (Lipinski definition) is 2. The maximum absolute atomic E-state index is 9.21. The van der Waals surface area contributed by atoms with Crippen LogP contribution >= 0.6 is 0 Å². The maximum Gasteiger partial charge on any atom is 0.0576 e. The van der Waals surface area contributed by atoms with Gasteiger partial charge in [0, 0.05) is 12.1 Å². The predicted octanol–water partition coefficient (Wildman–Crippen LogP) is 0.0377. The van der Waals surface area contributed by atoms with Crippen LogP contribution in [0.3, 0.4) is 0 Å². The molecule has 0 aliphatic carbocycles. The molecule has 0 aromatic carbocycles. The highest BCUT2D eigenvalue weighted by molar-refractivity contribution is 5.12. The molecule has 2 N–H and O–H groups in total. The van der Waals surface area contributed by atoms with Crippen molar-refractivity contribution in [1.29, 1.82) is 0 Å². The van der Waals surface area contributed by atoms with Crippen molar-refractivity contribution >= 4 is 0 Å². The summed E-state index contributed by atoms with van der Waals surface area (Å²) in [6.45, 7) is 0. The number of hydrogen-bond acceptors (Lipinski definition) is 2. The lowest BCUT2D eigenvalue weighted by atomic mass is 10.0. The van der Waals surface area contributed by atoms with Crippen molar-refractivity contribution in [3.05, 3.63) is 12.2 Å². The molecule has 2 aliphatic heterocycles. The molecule has 2 bridgehead atoms. The molecule has 50 valence electrons. The fraction of sp³-hybridized carbons (Fsp3) is 0.714. The Hall–Kier alpha value is -0.340. The monoisotopic (exact) mass is 125 g/mol. The van der Waals surface area contributed by atoms with Crippen LogP contribution in [0.25, 0.3) is 0 Å². The molecule has 2 nitrogen and oxygen atoms in total.